The summed E-state index contributed by atoms with van der Waals surface area (Å²) in [5.41, 5.74) is 0. The molecule has 0 fully saturated rings. The van der Waals surface area contributed by atoms with Gasteiger partial charge in [-0.3, -0.25) is 4.72 Å². The van der Waals surface area contributed by atoms with Crippen LogP contribution in [0, 0.1) is 0 Å². The molecule has 1 heterocycles. The van der Waals surface area contributed by atoms with E-state index in [1.54, 1.807) is 12.4 Å². The second-order valence-corrected chi connectivity index (χ2v) is 3.21. The lowest BCUT2D eigenvalue weighted by Gasteiger charge is -1.97. The molecule has 5 heteroatoms. The normalized spacial score (nSPS) is 9.80. The van der Waals surface area contributed by atoms with Crippen LogP contribution in [-0.4, -0.2) is 17.0 Å². The molecular formula is C5H6BrN3S. The van der Waals surface area contributed by atoms with Crippen molar-refractivity contribution in [1.82, 2.24) is 14.7 Å². The quantitative estimate of drug-likeness (QED) is 0.766. The molecule has 0 atom stereocenters. The van der Waals surface area contributed by atoms with Crippen LogP contribution in [0.3, 0.4) is 0 Å². The van der Waals surface area contributed by atoms with E-state index in [0.717, 1.165) is 9.63 Å². The van der Waals surface area contributed by atoms with E-state index in [9.17, 15) is 0 Å². The highest BCUT2D eigenvalue weighted by molar-refractivity contribution is 9.10. The van der Waals surface area contributed by atoms with Gasteiger partial charge in [0.15, 0.2) is 0 Å². The predicted molar refractivity (Wildman–Crippen MR) is 44.6 cm³/mol. The van der Waals surface area contributed by atoms with Crippen LogP contribution in [0.2, 0.25) is 0 Å². The molecule has 0 radical (unpaired) electrons. The third-order valence-corrected chi connectivity index (χ3v) is 2.36. The van der Waals surface area contributed by atoms with E-state index in [-0.39, 0.29) is 0 Å². The van der Waals surface area contributed by atoms with Gasteiger partial charge >= 0.3 is 0 Å². The van der Waals surface area contributed by atoms with Gasteiger partial charge in [0.25, 0.3) is 0 Å². The molecule has 0 saturated carbocycles. The Kier molecular flexibility index (Phi) is 3.11. The van der Waals surface area contributed by atoms with Crippen molar-refractivity contribution in [3.8, 4) is 0 Å². The standard InChI is InChI=1S/C5H6BrN3S/c1-7-10-5-4(6)8-2-3-9-5/h2-3,7H,1H3. The van der Waals surface area contributed by atoms with E-state index in [1.165, 1.54) is 11.9 Å². The molecule has 1 rings (SSSR count). The molecule has 54 valence electrons. The third-order valence-electron chi connectivity index (χ3n) is 0.822. The average Bonchev–Trinajstić information content (AvgIpc) is 1.94. The Morgan fingerprint density at radius 3 is 2.80 bits per heavy atom. The summed E-state index contributed by atoms with van der Waals surface area (Å²) in [6.07, 6.45) is 3.30. The molecule has 0 bridgehead atoms. The molecule has 0 spiro atoms. The van der Waals surface area contributed by atoms with Crippen molar-refractivity contribution in [2.24, 2.45) is 0 Å². The molecule has 1 aromatic rings. The number of nitrogens with one attached hydrogen (secondary N) is 1. The van der Waals surface area contributed by atoms with Gasteiger partial charge in [0.05, 0.1) is 0 Å². The zero-order valence-electron chi connectivity index (χ0n) is 5.34. The summed E-state index contributed by atoms with van der Waals surface area (Å²) in [5.74, 6) is 0. The summed E-state index contributed by atoms with van der Waals surface area (Å²) in [5, 5.41) is 0.852. The number of hydrogen-bond acceptors (Lipinski definition) is 4. The van der Waals surface area contributed by atoms with Crippen molar-refractivity contribution in [3.05, 3.63) is 17.0 Å². The van der Waals surface area contributed by atoms with Crippen LogP contribution in [-0.2, 0) is 0 Å². The van der Waals surface area contributed by atoms with E-state index < -0.39 is 0 Å². The van der Waals surface area contributed by atoms with E-state index >= 15 is 0 Å². The minimum atomic E-state index is 0.773. The largest absolute Gasteiger partial charge is 0.262 e. The fourth-order valence-electron chi connectivity index (χ4n) is 0.473. The molecule has 10 heavy (non-hydrogen) atoms. The lowest BCUT2D eigenvalue weighted by Crippen LogP contribution is -1.94. The van der Waals surface area contributed by atoms with Crippen LogP contribution in [0.5, 0.6) is 0 Å². The van der Waals surface area contributed by atoms with Crippen molar-refractivity contribution < 1.29 is 0 Å². The summed E-state index contributed by atoms with van der Waals surface area (Å²) in [7, 11) is 1.84. The van der Waals surface area contributed by atoms with Crippen LogP contribution >= 0.6 is 27.9 Å². The Morgan fingerprint density at radius 1 is 1.50 bits per heavy atom. The van der Waals surface area contributed by atoms with Crippen molar-refractivity contribution in [2.45, 2.75) is 5.03 Å². The topological polar surface area (TPSA) is 37.8 Å². The summed E-state index contributed by atoms with van der Waals surface area (Å²) in [4.78, 5) is 8.05. The smallest absolute Gasteiger partial charge is 0.144 e. The lowest BCUT2D eigenvalue weighted by molar-refractivity contribution is 1.01. The van der Waals surface area contributed by atoms with Gasteiger partial charge in [0.2, 0.25) is 0 Å². The van der Waals surface area contributed by atoms with Gasteiger partial charge in [-0.25, -0.2) is 9.97 Å². The first-order chi connectivity index (χ1) is 4.84. The Bertz CT molecular complexity index is 218. The van der Waals surface area contributed by atoms with E-state index in [2.05, 4.69) is 30.6 Å². The van der Waals surface area contributed by atoms with Gasteiger partial charge in [-0.15, -0.1) is 0 Å². The summed E-state index contributed by atoms with van der Waals surface area (Å²) in [6, 6.07) is 0. The summed E-state index contributed by atoms with van der Waals surface area (Å²) >= 11 is 4.69. The molecule has 1 aromatic heterocycles. The third kappa shape index (κ3) is 1.93. The van der Waals surface area contributed by atoms with Crippen molar-refractivity contribution >= 4 is 27.9 Å². The monoisotopic (exact) mass is 219 g/mol. The van der Waals surface area contributed by atoms with Crippen LogP contribution in [0.4, 0.5) is 0 Å². The van der Waals surface area contributed by atoms with E-state index in [1.807, 2.05) is 7.05 Å². The van der Waals surface area contributed by atoms with Gasteiger partial charge in [-0.2, -0.15) is 0 Å². The first-order valence-corrected chi connectivity index (χ1v) is 4.25. The molecule has 0 aliphatic heterocycles. The van der Waals surface area contributed by atoms with E-state index in [0.29, 0.717) is 0 Å². The summed E-state index contributed by atoms with van der Waals surface area (Å²) < 4.78 is 3.68. The second-order valence-electron chi connectivity index (χ2n) is 1.46. The number of halogens is 1. The molecule has 0 aliphatic carbocycles. The van der Waals surface area contributed by atoms with Gasteiger partial charge < -0.3 is 0 Å². The number of aromatic nitrogens is 2. The van der Waals surface area contributed by atoms with Crippen LogP contribution < -0.4 is 4.72 Å². The molecule has 0 aromatic carbocycles. The molecule has 0 unspecified atom stereocenters. The Labute approximate surface area is 71.9 Å². The Morgan fingerprint density at radius 2 is 2.20 bits per heavy atom. The average molecular weight is 220 g/mol. The zero-order chi connectivity index (χ0) is 7.40. The first-order valence-electron chi connectivity index (χ1n) is 2.64. The van der Waals surface area contributed by atoms with Crippen LogP contribution in [0.15, 0.2) is 22.0 Å². The fourth-order valence-corrected chi connectivity index (χ4v) is 1.38. The van der Waals surface area contributed by atoms with Gasteiger partial charge in [-0.05, 0) is 34.9 Å². The number of hydrogen-bond donors (Lipinski definition) is 1. The van der Waals surface area contributed by atoms with Crippen molar-refractivity contribution in [3.63, 3.8) is 0 Å². The predicted octanol–water partition coefficient (Wildman–Crippen LogP) is 1.47. The van der Waals surface area contributed by atoms with Gasteiger partial charge in [0.1, 0.15) is 9.63 Å². The highest BCUT2D eigenvalue weighted by Crippen LogP contribution is 2.18. The minimum Gasteiger partial charge on any atom is -0.262 e. The zero-order valence-corrected chi connectivity index (χ0v) is 7.74. The maximum absolute atomic E-state index is 4.06. The Hall–Kier alpha value is -0.130. The molecule has 0 saturated heterocycles. The molecule has 0 aliphatic rings. The van der Waals surface area contributed by atoms with E-state index in [4.69, 9.17) is 0 Å². The SMILES string of the molecule is CNSc1nccnc1Br. The molecular weight excluding hydrogens is 214 g/mol. The highest BCUT2D eigenvalue weighted by atomic mass is 79.9. The maximum atomic E-state index is 4.06. The first kappa shape index (κ1) is 7.97. The van der Waals surface area contributed by atoms with Crippen molar-refractivity contribution in [2.75, 3.05) is 7.05 Å². The maximum Gasteiger partial charge on any atom is 0.144 e. The van der Waals surface area contributed by atoms with Gasteiger partial charge in [0, 0.05) is 12.4 Å². The molecule has 0 amide bonds. The number of rotatable bonds is 2. The summed E-state index contributed by atoms with van der Waals surface area (Å²) in [6.45, 7) is 0. The second kappa shape index (κ2) is 3.90. The Balaban J connectivity index is 2.81. The van der Waals surface area contributed by atoms with Crippen LogP contribution in [0.1, 0.15) is 0 Å². The lowest BCUT2D eigenvalue weighted by atomic mass is 10.8. The van der Waals surface area contributed by atoms with Crippen LogP contribution in [0.25, 0.3) is 0 Å². The number of nitrogens with zero attached hydrogens (tertiary/aromatic N) is 2. The minimum absolute atomic E-state index is 0.773. The highest BCUT2D eigenvalue weighted by Gasteiger charge is 1.98. The fraction of sp³-hybridized carbons (Fsp3) is 0.200. The van der Waals surface area contributed by atoms with Gasteiger partial charge in [-0.1, -0.05) is 0 Å². The molecule has 3 nitrogen and oxygen atoms in total. The van der Waals surface area contributed by atoms with Crippen molar-refractivity contribution in [1.29, 1.82) is 0 Å². The molecule has 1 N–H and O–H groups in total.